The van der Waals surface area contributed by atoms with Gasteiger partial charge in [0.05, 0.1) is 12.2 Å². The quantitative estimate of drug-likeness (QED) is 0.852. The molecule has 3 fully saturated rings. The predicted molar refractivity (Wildman–Crippen MR) is 84.9 cm³/mol. The molecule has 22 heavy (non-hydrogen) atoms. The van der Waals surface area contributed by atoms with E-state index >= 15 is 0 Å². The van der Waals surface area contributed by atoms with Crippen molar-refractivity contribution in [1.82, 2.24) is 10.2 Å². The molecule has 3 rings (SSSR count). The average Bonchev–Trinajstić information content (AvgIpc) is 2.70. The third-order valence-corrected chi connectivity index (χ3v) is 4.97. The molecule has 3 aliphatic rings. The Balaban J connectivity index is 1.55. The van der Waals surface area contributed by atoms with Crippen LogP contribution in [0.1, 0.15) is 59.3 Å². The Bertz CT molecular complexity index is 387. The van der Waals surface area contributed by atoms with Crippen molar-refractivity contribution in [1.29, 1.82) is 0 Å². The zero-order valence-corrected chi connectivity index (χ0v) is 14.1. The molecule has 5 heteroatoms. The molecule has 1 amide bonds. The van der Waals surface area contributed by atoms with Crippen molar-refractivity contribution in [2.24, 2.45) is 0 Å². The van der Waals surface area contributed by atoms with E-state index in [4.69, 9.17) is 9.47 Å². The predicted octanol–water partition coefficient (Wildman–Crippen LogP) is 2.69. The maximum absolute atomic E-state index is 12.4. The van der Waals surface area contributed by atoms with Gasteiger partial charge in [0.15, 0.2) is 0 Å². The van der Waals surface area contributed by atoms with Crippen LogP contribution in [0.2, 0.25) is 0 Å². The SMILES string of the molecule is CC(C)(C)OC(=O)N1[C@@H]2CC[C@H]1C[C@@H](OC1CCNCC1)C2. The van der Waals surface area contributed by atoms with Crippen molar-refractivity contribution in [3.05, 3.63) is 0 Å². The molecule has 1 N–H and O–H groups in total. The molecule has 3 heterocycles. The molecule has 3 saturated heterocycles. The molecule has 126 valence electrons. The Morgan fingerprint density at radius 3 is 2.14 bits per heavy atom. The monoisotopic (exact) mass is 310 g/mol. The maximum atomic E-state index is 12.4. The van der Waals surface area contributed by atoms with Gasteiger partial charge in [0, 0.05) is 12.1 Å². The zero-order chi connectivity index (χ0) is 15.7. The summed E-state index contributed by atoms with van der Waals surface area (Å²) >= 11 is 0. The number of hydrogen-bond donors (Lipinski definition) is 1. The molecule has 0 aliphatic carbocycles. The molecule has 3 atom stereocenters. The van der Waals surface area contributed by atoms with Crippen LogP contribution < -0.4 is 5.32 Å². The van der Waals surface area contributed by atoms with Gasteiger partial charge >= 0.3 is 6.09 Å². The lowest BCUT2D eigenvalue weighted by Gasteiger charge is -2.40. The fourth-order valence-corrected chi connectivity index (χ4v) is 4.05. The number of rotatable bonds is 2. The number of hydrogen-bond acceptors (Lipinski definition) is 4. The van der Waals surface area contributed by atoms with E-state index < -0.39 is 5.60 Å². The summed E-state index contributed by atoms with van der Waals surface area (Å²) in [6.07, 6.45) is 6.94. The van der Waals surface area contributed by atoms with Crippen LogP contribution in [-0.4, -0.2) is 54.0 Å². The lowest BCUT2D eigenvalue weighted by atomic mass is 9.99. The summed E-state index contributed by atoms with van der Waals surface area (Å²) in [6.45, 7) is 7.92. The minimum absolute atomic E-state index is 0.139. The van der Waals surface area contributed by atoms with Gasteiger partial charge in [0.25, 0.3) is 0 Å². The van der Waals surface area contributed by atoms with Crippen molar-refractivity contribution < 1.29 is 14.3 Å². The van der Waals surface area contributed by atoms with Gasteiger partial charge in [-0.3, -0.25) is 0 Å². The molecule has 0 aromatic carbocycles. The fraction of sp³-hybridized carbons (Fsp3) is 0.941. The highest BCUT2D eigenvalue weighted by molar-refractivity contribution is 5.69. The van der Waals surface area contributed by atoms with Gasteiger partial charge in [-0.05, 0) is 72.4 Å². The highest BCUT2D eigenvalue weighted by Gasteiger charge is 2.45. The van der Waals surface area contributed by atoms with Gasteiger partial charge in [0.1, 0.15) is 5.60 Å². The first-order chi connectivity index (χ1) is 10.4. The second-order valence-corrected chi connectivity index (χ2v) is 7.95. The lowest BCUT2D eigenvalue weighted by molar-refractivity contribution is -0.0716. The number of nitrogens with zero attached hydrogens (tertiary/aromatic N) is 1. The first kappa shape index (κ1) is 16.1. The van der Waals surface area contributed by atoms with Gasteiger partial charge in [0.2, 0.25) is 0 Å². The van der Waals surface area contributed by atoms with Gasteiger partial charge in [-0.15, -0.1) is 0 Å². The van der Waals surface area contributed by atoms with Crippen molar-refractivity contribution in [2.45, 2.75) is 89.2 Å². The number of amides is 1. The Morgan fingerprint density at radius 2 is 1.59 bits per heavy atom. The third kappa shape index (κ3) is 3.74. The standard InChI is InChI=1S/C17H30N2O3/c1-17(2,3)22-16(20)19-12-4-5-13(19)11-15(10-12)21-14-6-8-18-9-7-14/h12-15,18H,4-11H2,1-3H3/t12-,13+,15+. The summed E-state index contributed by atoms with van der Waals surface area (Å²) in [4.78, 5) is 14.4. The number of nitrogens with one attached hydrogen (secondary N) is 1. The topological polar surface area (TPSA) is 50.8 Å². The summed E-state index contributed by atoms with van der Waals surface area (Å²) in [6, 6.07) is 0.612. The van der Waals surface area contributed by atoms with Gasteiger partial charge in [-0.1, -0.05) is 0 Å². The van der Waals surface area contributed by atoms with E-state index in [1.807, 2.05) is 25.7 Å². The smallest absolute Gasteiger partial charge is 0.410 e. The van der Waals surface area contributed by atoms with Crippen LogP contribution in [0.15, 0.2) is 0 Å². The van der Waals surface area contributed by atoms with Crippen molar-refractivity contribution >= 4 is 6.09 Å². The molecule has 0 aromatic heterocycles. The maximum Gasteiger partial charge on any atom is 0.410 e. The van der Waals surface area contributed by atoms with E-state index in [1.54, 1.807) is 0 Å². The minimum atomic E-state index is -0.418. The average molecular weight is 310 g/mol. The first-order valence-electron chi connectivity index (χ1n) is 8.80. The van der Waals surface area contributed by atoms with Crippen molar-refractivity contribution in [3.63, 3.8) is 0 Å². The molecule has 0 spiro atoms. The Hall–Kier alpha value is -0.810. The Kier molecular flexibility index (Phi) is 4.64. The molecule has 2 bridgehead atoms. The highest BCUT2D eigenvalue weighted by Crippen LogP contribution is 2.38. The number of fused-ring (bicyclic) bond motifs is 2. The molecule has 5 nitrogen and oxygen atoms in total. The van der Waals surface area contributed by atoms with E-state index in [0.29, 0.717) is 24.3 Å². The normalized spacial score (nSPS) is 33.0. The van der Waals surface area contributed by atoms with E-state index in [0.717, 1.165) is 51.6 Å². The number of carbonyl (C=O) groups is 1. The second kappa shape index (κ2) is 6.36. The number of carbonyl (C=O) groups excluding carboxylic acids is 1. The summed E-state index contributed by atoms with van der Waals surface area (Å²) < 4.78 is 11.9. The third-order valence-electron chi connectivity index (χ3n) is 4.97. The Labute approximate surface area is 133 Å². The largest absolute Gasteiger partial charge is 0.444 e. The van der Waals surface area contributed by atoms with Crippen LogP contribution in [-0.2, 0) is 9.47 Å². The molecule has 3 aliphatic heterocycles. The first-order valence-corrected chi connectivity index (χ1v) is 8.80. The van der Waals surface area contributed by atoms with Gasteiger partial charge in [-0.2, -0.15) is 0 Å². The van der Waals surface area contributed by atoms with Crippen LogP contribution in [0.4, 0.5) is 4.79 Å². The highest BCUT2D eigenvalue weighted by atomic mass is 16.6. The summed E-state index contributed by atoms with van der Waals surface area (Å²) in [5, 5.41) is 3.38. The van der Waals surface area contributed by atoms with Crippen LogP contribution in [0.5, 0.6) is 0 Å². The van der Waals surface area contributed by atoms with Crippen LogP contribution in [0.3, 0.4) is 0 Å². The minimum Gasteiger partial charge on any atom is -0.444 e. The molecule has 0 radical (unpaired) electrons. The van der Waals surface area contributed by atoms with Gasteiger partial charge < -0.3 is 19.7 Å². The molecule has 0 saturated carbocycles. The van der Waals surface area contributed by atoms with E-state index in [2.05, 4.69) is 5.32 Å². The molecule has 0 unspecified atom stereocenters. The summed E-state index contributed by atoms with van der Waals surface area (Å²) in [7, 11) is 0. The van der Waals surface area contributed by atoms with E-state index in [1.165, 1.54) is 0 Å². The molecular weight excluding hydrogens is 280 g/mol. The molecular formula is C17H30N2O3. The summed E-state index contributed by atoms with van der Waals surface area (Å²) in [5.41, 5.74) is -0.418. The zero-order valence-electron chi connectivity index (χ0n) is 14.1. The van der Waals surface area contributed by atoms with Crippen LogP contribution in [0, 0.1) is 0 Å². The number of ether oxygens (including phenoxy) is 2. The fourth-order valence-electron chi connectivity index (χ4n) is 4.05. The second-order valence-electron chi connectivity index (χ2n) is 7.95. The summed E-state index contributed by atoms with van der Waals surface area (Å²) in [5.74, 6) is 0. The molecule has 0 aromatic rings. The van der Waals surface area contributed by atoms with Gasteiger partial charge in [-0.25, -0.2) is 4.79 Å². The van der Waals surface area contributed by atoms with Crippen LogP contribution in [0.25, 0.3) is 0 Å². The van der Waals surface area contributed by atoms with Crippen molar-refractivity contribution in [3.8, 4) is 0 Å². The Morgan fingerprint density at radius 1 is 1.00 bits per heavy atom. The number of piperidine rings is 2. The van der Waals surface area contributed by atoms with Crippen LogP contribution >= 0.6 is 0 Å². The van der Waals surface area contributed by atoms with Crippen molar-refractivity contribution in [2.75, 3.05) is 13.1 Å². The van der Waals surface area contributed by atoms with E-state index in [-0.39, 0.29) is 6.09 Å². The van der Waals surface area contributed by atoms with E-state index in [9.17, 15) is 4.79 Å². The lowest BCUT2D eigenvalue weighted by Crippen LogP contribution is -2.51.